The molecule has 2 aromatic rings. The van der Waals surface area contributed by atoms with Gasteiger partial charge < -0.3 is 10.1 Å². The summed E-state index contributed by atoms with van der Waals surface area (Å²) in [5.74, 6) is 0.827. The third-order valence-corrected chi connectivity index (χ3v) is 4.23. The van der Waals surface area contributed by atoms with E-state index in [-0.39, 0.29) is 23.3 Å². The van der Waals surface area contributed by atoms with E-state index in [4.69, 9.17) is 4.74 Å². The number of ketones is 1. The highest BCUT2D eigenvalue weighted by Crippen LogP contribution is 2.19. The molecule has 0 bridgehead atoms. The van der Waals surface area contributed by atoms with E-state index in [1.165, 1.54) is 6.92 Å². The number of rotatable bonds is 5. The van der Waals surface area contributed by atoms with E-state index in [0.717, 1.165) is 0 Å². The fourth-order valence-corrected chi connectivity index (χ4v) is 2.72. The van der Waals surface area contributed by atoms with Gasteiger partial charge in [0.05, 0.1) is 12.8 Å². The largest absolute Gasteiger partial charge is 0.497 e. The third-order valence-electron chi connectivity index (χ3n) is 4.23. The Kier molecular flexibility index (Phi) is 5.77. The van der Waals surface area contributed by atoms with Crippen molar-refractivity contribution >= 4 is 34.7 Å². The van der Waals surface area contributed by atoms with Gasteiger partial charge in [0.25, 0.3) is 5.96 Å². The summed E-state index contributed by atoms with van der Waals surface area (Å²) in [5.41, 5.74) is 1.99. The Morgan fingerprint density at radius 3 is 2.34 bits per heavy atom. The van der Waals surface area contributed by atoms with Crippen LogP contribution in [-0.4, -0.2) is 41.4 Å². The predicted octanol–water partition coefficient (Wildman–Crippen LogP) is 3.52. The number of methoxy groups -OCH3 is 1. The van der Waals surface area contributed by atoms with Crippen LogP contribution in [0.25, 0.3) is 0 Å². The molecule has 1 heterocycles. The average Bonchev–Trinajstić information content (AvgIpc) is 2.68. The number of ether oxygens (including phenoxy) is 1. The number of nitrogens with one attached hydrogen (secondary N) is 1. The summed E-state index contributed by atoms with van der Waals surface area (Å²) < 4.78 is 5.12. The summed E-state index contributed by atoms with van der Waals surface area (Å²) in [6, 6.07) is 12.4. The van der Waals surface area contributed by atoms with Crippen LogP contribution in [0.1, 0.15) is 24.2 Å². The molecular formula is C20H19N5O4. The van der Waals surface area contributed by atoms with Crippen molar-refractivity contribution in [1.82, 2.24) is 0 Å². The molecule has 29 heavy (non-hydrogen) atoms. The lowest BCUT2D eigenvalue weighted by molar-refractivity contribution is -0.484. The lowest BCUT2D eigenvalue weighted by atomic mass is 10.1. The number of guanidine groups is 1. The third kappa shape index (κ3) is 4.70. The number of carbonyl (C=O) groups excluding carboxylic acids is 1. The van der Waals surface area contributed by atoms with E-state index in [1.807, 2.05) is 0 Å². The van der Waals surface area contributed by atoms with Crippen LogP contribution in [0.3, 0.4) is 0 Å². The lowest BCUT2D eigenvalue weighted by Gasteiger charge is -2.18. The van der Waals surface area contributed by atoms with Crippen molar-refractivity contribution in [2.45, 2.75) is 19.9 Å². The summed E-state index contributed by atoms with van der Waals surface area (Å²) in [6.45, 7) is 3.04. The van der Waals surface area contributed by atoms with Crippen LogP contribution >= 0.6 is 0 Å². The molecule has 0 saturated heterocycles. The first-order chi connectivity index (χ1) is 13.9. The van der Waals surface area contributed by atoms with Crippen LogP contribution in [0.4, 0.5) is 11.4 Å². The average molecular weight is 393 g/mol. The minimum Gasteiger partial charge on any atom is -0.497 e. The van der Waals surface area contributed by atoms with Gasteiger partial charge >= 0.3 is 6.04 Å². The molecule has 0 saturated carbocycles. The minimum absolute atomic E-state index is 0.0476. The summed E-state index contributed by atoms with van der Waals surface area (Å²) in [4.78, 5) is 35.2. The zero-order chi connectivity index (χ0) is 21.0. The maximum Gasteiger partial charge on any atom is 0.307 e. The van der Waals surface area contributed by atoms with Crippen LogP contribution < -0.4 is 10.1 Å². The van der Waals surface area contributed by atoms with Gasteiger partial charge in [-0.15, -0.1) is 0 Å². The molecule has 0 spiro atoms. The van der Waals surface area contributed by atoms with Crippen LogP contribution in [0.15, 0.2) is 63.5 Å². The SMILES string of the molecule is COc1ccc(NC2=NC(=Nc3ccc(C(C)=O)cc3)N=C(C)C2[N+](=O)[O-])cc1. The summed E-state index contributed by atoms with van der Waals surface area (Å²) >= 11 is 0. The monoisotopic (exact) mass is 393 g/mol. The molecule has 0 aromatic heterocycles. The number of Topliss-reactive ketones (excluding diaryl/α,β-unsaturated/α-hetero) is 1. The smallest absolute Gasteiger partial charge is 0.307 e. The lowest BCUT2D eigenvalue weighted by Crippen LogP contribution is -2.43. The number of benzene rings is 2. The van der Waals surface area contributed by atoms with Gasteiger partial charge in [-0.05, 0) is 62.4 Å². The van der Waals surface area contributed by atoms with Crippen molar-refractivity contribution in [1.29, 1.82) is 0 Å². The maximum absolute atomic E-state index is 11.5. The number of nitrogens with zero attached hydrogens (tertiary/aromatic N) is 4. The van der Waals surface area contributed by atoms with E-state index >= 15 is 0 Å². The van der Waals surface area contributed by atoms with E-state index in [0.29, 0.717) is 22.7 Å². The minimum atomic E-state index is -1.20. The Morgan fingerprint density at radius 2 is 1.79 bits per heavy atom. The molecule has 3 rings (SSSR count). The van der Waals surface area contributed by atoms with E-state index in [9.17, 15) is 14.9 Å². The van der Waals surface area contributed by atoms with Crippen LogP contribution in [-0.2, 0) is 0 Å². The summed E-state index contributed by atoms with van der Waals surface area (Å²) in [5, 5.41) is 14.5. The molecule has 0 radical (unpaired) electrons. The molecule has 0 amide bonds. The van der Waals surface area contributed by atoms with Gasteiger partial charge in [-0.2, -0.15) is 4.99 Å². The standard InChI is InChI=1S/C20H19N5O4/c1-12-18(25(27)28)19(22-15-8-10-17(29-3)11-9-15)24-20(21-12)23-16-6-4-14(5-7-16)13(2)26/h4-11,18H,1-3H3,(H,22,23,24). The molecule has 1 aliphatic rings. The quantitative estimate of drug-likeness (QED) is 0.474. The van der Waals surface area contributed by atoms with Gasteiger partial charge in [0.1, 0.15) is 11.5 Å². The number of amidine groups is 1. The topological polar surface area (TPSA) is 119 Å². The van der Waals surface area contributed by atoms with Gasteiger partial charge in [-0.25, -0.2) is 9.98 Å². The first kappa shape index (κ1) is 19.9. The molecule has 9 heteroatoms. The van der Waals surface area contributed by atoms with Crippen molar-refractivity contribution in [2.24, 2.45) is 15.0 Å². The number of hydrogen-bond donors (Lipinski definition) is 1. The number of hydrogen-bond acceptors (Lipinski definition) is 6. The number of anilines is 1. The fourth-order valence-electron chi connectivity index (χ4n) is 2.72. The predicted molar refractivity (Wildman–Crippen MR) is 111 cm³/mol. The Hall–Kier alpha value is -3.88. The summed E-state index contributed by atoms with van der Waals surface area (Å²) in [6.07, 6.45) is 0. The van der Waals surface area contributed by atoms with Crippen LogP contribution in [0.5, 0.6) is 5.75 Å². The van der Waals surface area contributed by atoms with Gasteiger partial charge in [-0.1, -0.05) is 0 Å². The Balaban J connectivity index is 1.93. The molecule has 1 unspecified atom stereocenters. The van der Waals surface area contributed by atoms with Crippen molar-refractivity contribution in [3.8, 4) is 5.75 Å². The van der Waals surface area contributed by atoms with E-state index in [1.54, 1.807) is 62.6 Å². The van der Waals surface area contributed by atoms with Crippen molar-refractivity contribution in [3.63, 3.8) is 0 Å². The second-order valence-electron chi connectivity index (χ2n) is 6.31. The first-order valence-electron chi connectivity index (χ1n) is 8.75. The van der Waals surface area contributed by atoms with Crippen molar-refractivity contribution in [3.05, 3.63) is 64.2 Å². The van der Waals surface area contributed by atoms with E-state index < -0.39 is 11.0 Å². The molecule has 148 valence electrons. The van der Waals surface area contributed by atoms with Gasteiger partial charge in [0, 0.05) is 16.2 Å². The van der Waals surface area contributed by atoms with Gasteiger partial charge in [-0.3, -0.25) is 14.9 Å². The van der Waals surface area contributed by atoms with Gasteiger partial charge in [0.2, 0.25) is 0 Å². The molecule has 0 aliphatic carbocycles. The fraction of sp³-hybridized carbons (Fsp3) is 0.200. The van der Waals surface area contributed by atoms with Crippen LogP contribution in [0.2, 0.25) is 0 Å². The normalized spacial score (nSPS) is 17.3. The molecule has 1 atom stereocenters. The van der Waals surface area contributed by atoms with Crippen LogP contribution in [0, 0.1) is 10.1 Å². The molecule has 0 fully saturated rings. The molecule has 1 N–H and O–H groups in total. The first-order valence-corrected chi connectivity index (χ1v) is 8.75. The molecular weight excluding hydrogens is 374 g/mol. The number of carbonyl (C=O) groups is 1. The zero-order valence-corrected chi connectivity index (χ0v) is 16.1. The number of aliphatic imine (C=N–C) groups is 3. The molecule has 2 aromatic carbocycles. The highest BCUT2D eigenvalue weighted by Gasteiger charge is 2.34. The zero-order valence-electron chi connectivity index (χ0n) is 16.1. The number of nitro groups is 1. The maximum atomic E-state index is 11.5. The Bertz CT molecular complexity index is 1020. The van der Waals surface area contributed by atoms with Gasteiger partial charge in [0.15, 0.2) is 11.6 Å². The van der Waals surface area contributed by atoms with E-state index in [2.05, 4.69) is 20.3 Å². The second-order valence-corrected chi connectivity index (χ2v) is 6.31. The van der Waals surface area contributed by atoms with Crippen molar-refractivity contribution in [2.75, 3.05) is 12.4 Å². The van der Waals surface area contributed by atoms with Crippen molar-refractivity contribution < 1.29 is 14.5 Å². The Morgan fingerprint density at radius 1 is 1.14 bits per heavy atom. The highest BCUT2D eigenvalue weighted by molar-refractivity contribution is 6.22. The summed E-state index contributed by atoms with van der Waals surface area (Å²) in [7, 11) is 1.56. The molecule has 9 nitrogen and oxygen atoms in total. The highest BCUT2D eigenvalue weighted by atomic mass is 16.6. The molecule has 1 aliphatic heterocycles. The second kappa shape index (κ2) is 8.42. The Labute approximate surface area is 167 Å².